The van der Waals surface area contributed by atoms with Crippen molar-refractivity contribution >= 4 is 26.5 Å². The first-order valence-corrected chi connectivity index (χ1v) is 9.09. The van der Waals surface area contributed by atoms with E-state index in [-0.39, 0.29) is 4.90 Å². The zero-order chi connectivity index (χ0) is 15.0. The summed E-state index contributed by atoms with van der Waals surface area (Å²) in [5.74, 6) is 0. The molecule has 3 N–H and O–H groups in total. The maximum Gasteiger partial charge on any atom is 0.265 e. The van der Waals surface area contributed by atoms with Gasteiger partial charge in [-0.2, -0.15) is 0 Å². The Bertz CT molecular complexity index is 746. The lowest BCUT2D eigenvalue weighted by molar-refractivity contribution is 0.600. The second-order valence-corrected chi connectivity index (χ2v) is 7.71. The summed E-state index contributed by atoms with van der Waals surface area (Å²) >= 11 is 1.25. The summed E-state index contributed by atoms with van der Waals surface area (Å²) in [7, 11) is -3.64. The van der Waals surface area contributed by atoms with Crippen molar-refractivity contribution < 1.29 is 8.42 Å². The van der Waals surface area contributed by atoms with Crippen LogP contribution >= 0.6 is 11.3 Å². The van der Waals surface area contributed by atoms with Crippen LogP contribution in [0.3, 0.4) is 0 Å². The van der Waals surface area contributed by atoms with Gasteiger partial charge in [-0.25, -0.2) is 8.42 Å². The van der Waals surface area contributed by atoms with Crippen LogP contribution < -0.4 is 10.5 Å². The third-order valence-corrected chi connectivity index (χ3v) is 5.78. The molecule has 0 radical (unpaired) electrons. The van der Waals surface area contributed by atoms with Crippen molar-refractivity contribution in [3.8, 4) is 0 Å². The molecule has 1 saturated carbocycles. The highest BCUT2D eigenvalue weighted by atomic mass is 32.2. The smallest absolute Gasteiger partial charge is 0.265 e. The van der Waals surface area contributed by atoms with Gasteiger partial charge in [-0.15, -0.1) is 10.2 Å². The number of hydrogen-bond acceptors (Lipinski definition) is 6. The highest BCUT2D eigenvalue weighted by Crippen LogP contribution is 2.37. The Labute approximate surface area is 127 Å². The maximum atomic E-state index is 12.4. The molecule has 2 heterocycles. The standard InChI is InChI=1S/C12H17N5O2S2/c1-2-11-14-15-12(20-11)16-21(18,19)10-5-9(6-13)17(7-10)8-3-4-8/h5,7-8H,2-4,6,13H2,1H3,(H,15,16). The minimum Gasteiger partial charge on any atom is -0.346 e. The van der Waals surface area contributed by atoms with E-state index in [9.17, 15) is 8.42 Å². The molecule has 0 atom stereocenters. The Morgan fingerprint density at radius 3 is 2.81 bits per heavy atom. The van der Waals surface area contributed by atoms with E-state index in [0.29, 0.717) is 17.7 Å². The number of nitrogens with one attached hydrogen (secondary N) is 1. The second kappa shape index (κ2) is 5.39. The van der Waals surface area contributed by atoms with E-state index in [2.05, 4.69) is 14.9 Å². The third-order valence-electron chi connectivity index (χ3n) is 3.36. The van der Waals surface area contributed by atoms with E-state index in [1.54, 1.807) is 12.3 Å². The lowest BCUT2D eigenvalue weighted by atomic mass is 10.4. The lowest BCUT2D eigenvalue weighted by Crippen LogP contribution is -2.12. The molecule has 0 aliphatic heterocycles. The van der Waals surface area contributed by atoms with Gasteiger partial charge in [0, 0.05) is 24.5 Å². The quantitative estimate of drug-likeness (QED) is 0.837. The highest BCUT2D eigenvalue weighted by molar-refractivity contribution is 7.93. The molecule has 0 aromatic carbocycles. The molecule has 9 heteroatoms. The molecule has 114 valence electrons. The fourth-order valence-corrected chi connectivity index (χ4v) is 4.07. The van der Waals surface area contributed by atoms with Crippen LogP contribution in [0.4, 0.5) is 5.13 Å². The van der Waals surface area contributed by atoms with Crippen LogP contribution in [-0.2, 0) is 23.0 Å². The van der Waals surface area contributed by atoms with Crippen molar-refractivity contribution in [2.24, 2.45) is 5.73 Å². The number of nitrogens with two attached hydrogens (primary N) is 1. The van der Waals surface area contributed by atoms with E-state index in [4.69, 9.17) is 5.73 Å². The van der Waals surface area contributed by atoms with E-state index in [1.165, 1.54) is 11.3 Å². The number of sulfonamides is 1. The van der Waals surface area contributed by atoms with E-state index in [0.717, 1.165) is 30.0 Å². The first-order chi connectivity index (χ1) is 10.0. The van der Waals surface area contributed by atoms with Gasteiger partial charge in [0.15, 0.2) is 0 Å². The first kappa shape index (κ1) is 14.5. The topological polar surface area (TPSA) is 103 Å². The van der Waals surface area contributed by atoms with Gasteiger partial charge in [0.25, 0.3) is 10.0 Å². The van der Waals surface area contributed by atoms with Crippen LogP contribution in [0.5, 0.6) is 0 Å². The Balaban J connectivity index is 1.87. The second-order valence-electron chi connectivity index (χ2n) is 4.97. The molecular formula is C12H17N5O2S2. The average Bonchev–Trinajstić information content (AvgIpc) is 3.04. The molecule has 3 rings (SSSR count). The van der Waals surface area contributed by atoms with Crippen LogP contribution in [0.1, 0.15) is 36.5 Å². The number of hydrogen-bond donors (Lipinski definition) is 2. The molecule has 0 spiro atoms. The first-order valence-electron chi connectivity index (χ1n) is 6.79. The van der Waals surface area contributed by atoms with Gasteiger partial charge < -0.3 is 10.3 Å². The van der Waals surface area contributed by atoms with Crippen molar-refractivity contribution in [3.05, 3.63) is 23.0 Å². The summed E-state index contributed by atoms with van der Waals surface area (Å²) in [6.45, 7) is 2.27. The maximum absolute atomic E-state index is 12.4. The van der Waals surface area contributed by atoms with E-state index < -0.39 is 10.0 Å². The van der Waals surface area contributed by atoms with Crippen molar-refractivity contribution in [1.29, 1.82) is 0 Å². The number of aryl methyl sites for hydroxylation is 1. The largest absolute Gasteiger partial charge is 0.346 e. The zero-order valence-corrected chi connectivity index (χ0v) is 13.2. The van der Waals surface area contributed by atoms with Crippen LogP contribution in [0.15, 0.2) is 17.2 Å². The lowest BCUT2D eigenvalue weighted by Gasteiger charge is -2.03. The Morgan fingerprint density at radius 1 is 1.48 bits per heavy atom. The van der Waals surface area contributed by atoms with Crippen LogP contribution in [0.2, 0.25) is 0 Å². The summed E-state index contributed by atoms with van der Waals surface area (Å²) in [4.78, 5) is 0.225. The van der Waals surface area contributed by atoms with Gasteiger partial charge >= 0.3 is 0 Å². The van der Waals surface area contributed by atoms with Crippen LogP contribution in [0, 0.1) is 0 Å². The fourth-order valence-electron chi connectivity index (χ4n) is 2.11. The Hall–Kier alpha value is -1.45. The van der Waals surface area contributed by atoms with Gasteiger partial charge in [0.2, 0.25) is 5.13 Å². The normalized spacial score (nSPS) is 15.3. The molecule has 1 aliphatic carbocycles. The monoisotopic (exact) mass is 327 g/mol. The van der Waals surface area contributed by atoms with Crippen molar-refractivity contribution in [3.63, 3.8) is 0 Å². The molecule has 1 aliphatic rings. The van der Waals surface area contributed by atoms with Gasteiger partial charge in [-0.05, 0) is 25.3 Å². The van der Waals surface area contributed by atoms with Crippen molar-refractivity contribution in [2.75, 3.05) is 4.72 Å². The van der Waals surface area contributed by atoms with E-state index in [1.807, 2.05) is 11.5 Å². The molecule has 0 amide bonds. The number of anilines is 1. The molecule has 2 aromatic rings. The fraction of sp³-hybridized carbons (Fsp3) is 0.500. The predicted octanol–water partition coefficient (Wildman–Crippen LogP) is 1.50. The molecule has 7 nitrogen and oxygen atoms in total. The van der Waals surface area contributed by atoms with Gasteiger partial charge in [-0.3, -0.25) is 4.72 Å². The third kappa shape index (κ3) is 2.94. The minimum absolute atomic E-state index is 0.225. The van der Waals surface area contributed by atoms with Crippen molar-refractivity contribution in [1.82, 2.24) is 14.8 Å². The van der Waals surface area contributed by atoms with Gasteiger partial charge in [-0.1, -0.05) is 18.3 Å². The molecule has 21 heavy (non-hydrogen) atoms. The summed E-state index contributed by atoms with van der Waals surface area (Å²) in [5, 5.41) is 8.84. The number of rotatable bonds is 6. The Kier molecular flexibility index (Phi) is 3.72. The van der Waals surface area contributed by atoms with Crippen molar-refractivity contribution in [2.45, 2.75) is 43.7 Å². The molecule has 0 saturated heterocycles. The molecule has 0 bridgehead atoms. The number of nitrogens with zero attached hydrogens (tertiary/aromatic N) is 3. The minimum atomic E-state index is -3.64. The van der Waals surface area contributed by atoms with Crippen LogP contribution in [0.25, 0.3) is 0 Å². The average molecular weight is 327 g/mol. The summed E-state index contributed by atoms with van der Waals surface area (Å²) < 4.78 is 29.2. The summed E-state index contributed by atoms with van der Waals surface area (Å²) in [6, 6.07) is 2.02. The predicted molar refractivity (Wildman–Crippen MR) is 80.7 cm³/mol. The summed E-state index contributed by atoms with van der Waals surface area (Å²) in [5.41, 5.74) is 6.53. The summed E-state index contributed by atoms with van der Waals surface area (Å²) in [6.07, 6.45) is 4.54. The molecule has 2 aromatic heterocycles. The molecule has 1 fully saturated rings. The number of aromatic nitrogens is 3. The van der Waals surface area contributed by atoms with Gasteiger partial charge in [0.05, 0.1) is 0 Å². The molecular weight excluding hydrogens is 310 g/mol. The zero-order valence-electron chi connectivity index (χ0n) is 11.6. The Morgan fingerprint density at radius 2 is 2.24 bits per heavy atom. The molecule has 0 unspecified atom stereocenters. The highest BCUT2D eigenvalue weighted by Gasteiger charge is 2.28. The SMILES string of the molecule is CCc1nnc(NS(=O)(=O)c2cc(CN)n(C3CC3)c2)s1. The van der Waals surface area contributed by atoms with Gasteiger partial charge in [0.1, 0.15) is 9.90 Å². The van der Waals surface area contributed by atoms with Crippen LogP contribution in [-0.4, -0.2) is 23.2 Å². The van der Waals surface area contributed by atoms with E-state index >= 15 is 0 Å².